The monoisotopic (exact) mass is 562 g/mol. The number of halogens is 1. The molecule has 11 heteroatoms. The number of amides is 1. The molecular weight excluding hydrogens is 536 g/mol. The number of anilines is 1. The zero-order valence-corrected chi connectivity index (χ0v) is 22.5. The van der Waals surface area contributed by atoms with Crippen molar-refractivity contribution in [2.24, 2.45) is 0 Å². The second-order valence-corrected chi connectivity index (χ2v) is 13.6. The van der Waals surface area contributed by atoms with Crippen LogP contribution in [0, 0.1) is 0 Å². The van der Waals surface area contributed by atoms with Crippen LogP contribution in [0.3, 0.4) is 0 Å². The van der Waals surface area contributed by atoms with Crippen molar-refractivity contribution in [2.75, 3.05) is 43.9 Å². The van der Waals surface area contributed by atoms with Crippen LogP contribution in [0.5, 0.6) is 5.75 Å². The van der Waals surface area contributed by atoms with Crippen LogP contribution in [0.1, 0.15) is 21.2 Å². The Kier molecular flexibility index (Phi) is 6.88. The smallest absolute Gasteiger partial charge is 0.257 e. The Morgan fingerprint density at radius 1 is 0.973 bits per heavy atom. The molecule has 1 fully saturated rings. The zero-order chi connectivity index (χ0) is 26.4. The van der Waals surface area contributed by atoms with Crippen LogP contribution in [0.2, 0.25) is 5.02 Å². The summed E-state index contributed by atoms with van der Waals surface area (Å²) < 4.78 is 54.3. The fourth-order valence-corrected chi connectivity index (χ4v) is 9.66. The van der Waals surface area contributed by atoms with Gasteiger partial charge in [-0.15, -0.1) is 0 Å². The third kappa shape index (κ3) is 4.57. The van der Waals surface area contributed by atoms with Crippen LogP contribution in [0.4, 0.5) is 5.69 Å². The number of carbonyl (C=O) groups is 1. The van der Waals surface area contributed by atoms with Gasteiger partial charge in [-0.2, -0.15) is 10.6 Å². The zero-order valence-electron chi connectivity index (χ0n) is 20.1. The second-order valence-electron chi connectivity index (χ2n) is 8.97. The van der Waals surface area contributed by atoms with Gasteiger partial charge in [-0.3, -0.25) is 13.9 Å². The van der Waals surface area contributed by atoms with Crippen molar-refractivity contribution in [3.05, 3.63) is 82.9 Å². The van der Waals surface area contributed by atoms with Gasteiger partial charge >= 0.3 is 0 Å². The molecule has 5 rings (SSSR count). The molecule has 0 saturated carbocycles. The first-order valence-electron chi connectivity index (χ1n) is 11.7. The lowest BCUT2D eigenvalue weighted by Crippen LogP contribution is -2.49. The first kappa shape index (κ1) is 25.9. The van der Waals surface area contributed by atoms with Crippen molar-refractivity contribution in [2.45, 2.75) is 15.0 Å². The number of ether oxygens (including phenoxy) is 1. The predicted octanol–water partition coefficient (Wildman–Crippen LogP) is 4.95. The minimum atomic E-state index is -3.99. The molecule has 37 heavy (non-hydrogen) atoms. The van der Waals surface area contributed by atoms with E-state index in [0.29, 0.717) is 31.2 Å². The van der Waals surface area contributed by atoms with E-state index in [2.05, 4.69) is 4.90 Å². The quantitative estimate of drug-likeness (QED) is 0.453. The lowest BCUT2D eigenvalue weighted by atomic mass is 10.0. The van der Waals surface area contributed by atoms with Gasteiger partial charge in [0.05, 0.1) is 38.9 Å². The minimum absolute atomic E-state index is 0.0672. The number of methoxy groups -OCH3 is 1. The highest BCUT2D eigenvalue weighted by Gasteiger charge is 2.46. The summed E-state index contributed by atoms with van der Waals surface area (Å²) in [6.07, 6.45) is 0. The average molecular weight is 563 g/mol. The third-order valence-corrected chi connectivity index (χ3v) is 11.3. The van der Waals surface area contributed by atoms with E-state index in [1.807, 2.05) is 24.3 Å². The summed E-state index contributed by atoms with van der Waals surface area (Å²) in [5.41, 5.74) is 1.25. The van der Waals surface area contributed by atoms with Gasteiger partial charge < -0.3 is 14.5 Å². The van der Waals surface area contributed by atoms with Crippen molar-refractivity contribution in [1.82, 2.24) is 4.90 Å². The summed E-state index contributed by atoms with van der Waals surface area (Å²) in [6.45, 7) is 2.03. The van der Waals surface area contributed by atoms with E-state index in [9.17, 15) is 22.3 Å². The highest BCUT2D eigenvalue weighted by atomic mass is 35.5. The number of hydrogen-bond donors (Lipinski definition) is 2. The molecule has 0 aliphatic carbocycles. The van der Waals surface area contributed by atoms with Crippen molar-refractivity contribution >= 4 is 43.6 Å². The Bertz CT molecular complexity index is 1440. The largest absolute Gasteiger partial charge is 0.496 e. The standard InChI is InChI=1S/C26H27ClN2O6S2/c1-35-25-19(26(30)29-15-13-28(14-16-29)21-10-6-5-9-20(21)27)11-12-22-24(25)23(17-36(22,31)32)37(33,34)18-7-3-2-4-8-18/h2-12,23,31-32H,13-17H2,1H3. The fourth-order valence-electron chi connectivity index (χ4n) is 4.99. The number of para-hydroxylation sites is 1. The van der Waals surface area contributed by atoms with Crippen LogP contribution >= 0.6 is 22.2 Å². The van der Waals surface area contributed by atoms with E-state index >= 15 is 0 Å². The molecule has 1 saturated heterocycles. The fraction of sp³-hybridized carbons (Fsp3) is 0.269. The molecule has 0 spiro atoms. The molecule has 3 aromatic rings. The Morgan fingerprint density at radius 2 is 1.62 bits per heavy atom. The average Bonchev–Trinajstić information content (AvgIpc) is 3.20. The van der Waals surface area contributed by atoms with Crippen molar-refractivity contribution < 1.29 is 27.1 Å². The molecule has 1 unspecified atom stereocenters. The van der Waals surface area contributed by atoms with Gasteiger partial charge in [-0.25, -0.2) is 8.42 Å². The van der Waals surface area contributed by atoms with E-state index in [1.165, 1.54) is 31.4 Å². The minimum Gasteiger partial charge on any atom is -0.496 e. The maximum atomic E-state index is 13.6. The first-order chi connectivity index (χ1) is 17.6. The predicted molar refractivity (Wildman–Crippen MR) is 145 cm³/mol. The Balaban J connectivity index is 1.47. The maximum absolute atomic E-state index is 13.6. The molecular formula is C26H27ClN2O6S2. The molecule has 1 atom stereocenters. The molecule has 8 nitrogen and oxygen atoms in total. The molecule has 2 aliphatic heterocycles. The highest BCUT2D eigenvalue weighted by Crippen LogP contribution is 2.63. The maximum Gasteiger partial charge on any atom is 0.257 e. The summed E-state index contributed by atoms with van der Waals surface area (Å²) in [7, 11) is -6.02. The van der Waals surface area contributed by atoms with Gasteiger partial charge in [0.1, 0.15) is 11.0 Å². The van der Waals surface area contributed by atoms with Crippen LogP contribution in [0.25, 0.3) is 0 Å². The number of nitrogens with zero attached hydrogens (tertiary/aromatic N) is 2. The van der Waals surface area contributed by atoms with Gasteiger partial charge in [0.2, 0.25) is 0 Å². The number of benzene rings is 3. The van der Waals surface area contributed by atoms with E-state index in [4.69, 9.17) is 16.3 Å². The topological polar surface area (TPSA) is 107 Å². The highest BCUT2D eigenvalue weighted by molar-refractivity contribution is 8.25. The van der Waals surface area contributed by atoms with Crippen LogP contribution in [-0.4, -0.2) is 67.4 Å². The number of carbonyl (C=O) groups excluding carboxylic acids is 1. The lowest BCUT2D eigenvalue weighted by molar-refractivity contribution is 0.0743. The summed E-state index contributed by atoms with van der Waals surface area (Å²) in [5.74, 6) is -0.625. The Hall–Kier alpha value is -2.76. The number of rotatable bonds is 5. The summed E-state index contributed by atoms with van der Waals surface area (Å²) in [6, 6.07) is 18.4. The molecule has 3 aromatic carbocycles. The van der Waals surface area contributed by atoms with Crippen molar-refractivity contribution in [3.8, 4) is 5.75 Å². The number of hydrogen-bond acceptors (Lipinski definition) is 7. The molecule has 0 bridgehead atoms. The van der Waals surface area contributed by atoms with Crippen molar-refractivity contribution in [3.63, 3.8) is 0 Å². The Morgan fingerprint density at radius 3 is 2.27 bits per heavy atom. The number of piperazine rings is 1. The number of fused-ring (bicyclic) bond motifs is 1. The van der Waals surface area contributed by atoms with Crippen molar-refractivity contribution in [1.29, 1.82) is 0 Å². The van der Waals surface area contributed by atoms with Gasteiger partial charge in [0.15, 0.2) is 9.84 Å². The molecule has 1 amide bonds. The molecule has 0 aromatic heterocycles. The van der Waals surface area contributed by atoms with Gasteiger partial charge in [-0.05, 0) is 36.4 Å². The SMILES string of the molecule is COc1c(C(=O)N2CCN(c3ccccc3Cl)CC2)ccc2c1C(S(=O)(=O)c1ccccc1)CS2(O)O. The van der Waals surface area contributed by atoms with Gasteiger partial charge in [0, 0.05) is 31.7 Å². The van der Waals surface area contributed by atoms with E-state index in [0.717, 1.165) is 5.69 Å². The third-order valence-electron chi connectivity index (χ3n) is 6.85. The number of sulfone groups is 1. The van der Waals surface area contributed by atoms with Crippen LogP contribution in [0.15, 0.2) is 76.5 Å². The summed E-state index contributed by atoms with van der Waals surface area (Å²) in [4.78, 5) is 17.6. The molecule has 2 aliphatic rings. The molecule has 196 valence electrons. The second kappa shape index (κ2) is 9.85. The molecule has 2 heterocycles. The molecule has 0 radical (unpaired) electrons. The molecule has 2 N–H and O–H groups in total. The normalized spacial score (nSPS) is 19.8. The van der Waals surface area contributed by atoms with E-state index in [-0.39, 0.29) is 38.3 Å². The van der Waals surface area contributed by atoms with Crippen LogP contribution < -0.4 is 9.64 Å². The lowest BCUT2D eigenvalue weighted by Gasteiger charge is -2.36. The van der Waals surface area contributed by atoms with Crippen LogP contribution in [-0.2, 0) is 9.84 Å². The summed E-state index contributed by atoms with van der Waals surface area (Å²) in [5, 5.41) is -0.609. The van der Waals surface area contributed by atoms with Gasteiger partial charge in [0.25, 0.3) is 5.91 Å². The summed E-state index contributed by atoms with van der Waals surface area (Å²) >= 11 is 6.34. The van der Waals surface area contributed by atoms with E-state index < -0.39 is 25.7 Å². The van der Waals surface area contributed by atoms with Gasteiger partial charge in [-0.1, -0.05) is 41.9 Å². The first-order valence-corrected chi connectivity index (χ1v) is 15.3. The Labute approximate surface area is 222 Å². The van der Waals surface area contributed by atoms with E-state index in [1.54, 1.807) is 23.1 Å².